The normalized spacial score (nSPS) is 11.4. The van der Waals surface area contributed by atoms with Gasteiger partial charge in [-0.3, -0.25) is 9.78 Å². The van der Waals surface area contributed by atoms with Gasteiger partial charge in [-0.2, -0.15) is 13.2 Å². The van der Waals surface area contributed by atoms with E-state index in [1.165, 1.54) is 18.3 Å². The van der Waals surface area contributed by atoms with Crippen LogP contribution < -0.4 is 0 Å². The van der Waals surface area contributed by atoms with Gasteiger partial charge >= 0.3 is 6.18 Å². The zero-order valence-electron chi connectivity index (χ0n) is 10.7. The topological polar surface area (TPSA) is 30.0 Å². The molecule has 0 radical (unpaired) electrons. The minimum absolute atomic E-state index is 0.0377. The quantitative estimate of drug-likeness (QED) is 0.799. The summed E-state index contributed by atoms with van der Waals surface area (Å²) in [7, 11) is 0. The van der Waals surface area contributed by atoms with Crippen LogP contribution in [0, 0.1) is 6.92 Å². The Kier molecular flexibility index (Phi) is 3.88. The van der Waals surface area contributed by atoms with Crippen molar-refractivity contribution in [3.8, 4) is 0 Å². The predicted molar refractivity (Wildman–Crippen MR) is 68.5 cm³/mol. The molecule has 1 heterocycles. The lowest BCUT2D eigenvalue weighted by Gasteiger charge is -2.07. The zero-order chi connectivity index (χ0) is 14.8. The molecule has 0 aliphatic rings. The second-order valence-corrected chi connectivity index (χ2v) is 4.46. The van der Waals surface area contributed by atoms with E-state index < -0.39 is 11.7 Å². The highest BCUT2D eigenvalue weighted by Crippen LogP contribution is 2.29. The Bertz CT molecular complexity index is 618. The second-order valence-electron chi connectivity index (χ2n) is 4.46. The first-order chi connectivity index (χ1) is 9.38. The molecule has 0 spiro atoms. The maximum Gasteiger partial charge on any atom is 0.416 e. The molecular weight excluding hydrogens is 267 g/mol. The molecule has 0 saturated heterocycles. The number of rotatable bonds is 3. The van der Waals surface area contributed by atoms with Crippen molar-refractivity contribution in [1.82, 2.24) is 4.98 Å². The van der Waals surface area contributed by atoms with E-state index in [1.807, 2.05) is 0 Å². The molecule has 0 saturated carbocycles. The summed E-state index contributed by atoms with van der Waals surface area (Å²) < 4.78 is 37.3. The van der Waals surface area contributed by atoms with Crippen molar-refractivity contribution in [2.75, 3.05) is 0 Å². The van der Waals surface area contributed by atoms with E-state index in [9.17, 15) is 18.0 Å². The van der Waals surface area contributed by atoms with Gasteiger partial charge < -0.3 is 0 Å². The summed E-state index contributed by atoms with van der Waals surface area (Å²) in [6.07, 6.45) is -2.80. The molecule has 1 aromatic heterocycles. The van der Waals surface area contributed by atoms with E-state index in [0.29, 0.717) is 11.3 Å². The lowest BCUT2D eigenvalue weighted by molar-refractivity contribution is -0.137. The maximum atomic E-state index is 12.4. The molecule has 0 fully saturated rings. The van der Waals surface area contributed by atoms with E-state index in [4.69, 9.17) is 0 Å². The van der Waals surface area contributed by atoms with Crippen LogP contribution in [0.5, 0.6) is 0 Å². The monoisotopic (exact) mass is 279 g/mol. The van der Waals surface area contributed by atoms with Crippen molar-refractivity contribution in [2.24, 2.45) is 0 Å². The summed E-state index contributed by atoms with van der Waals surface area (Å²) >= 11 is 0. The highest BCUT2D eigenvalue weighted by molar-refractivity contribution is 5.96. The fourth-order valence-corrected chi connectivity index (χ4v) is 1.86. The van der Waals surface area contributed by atoms with Crippen molar-refractivity contribution in [1.29, 1.82) is 0 Å². The lowest BCUT2D eigenvalue weighted by Crippen LogP contribution is -2.09. The lowest BCUT2D eigenvalue weighted by atomic mass is 10.0. The molecule has 2 nitrogen and oxygen atoms in total. The van der Waals surface area contributed by atoms with Crippen LogP contribution in [0.1, 0.15) is 27.2 Å². The largest absolute Gasteiger partial charge is 0.416 e. The molecule has 0 bridgehead atoms. The molecule has 0 atom stereocenters. The van der Waals surface area contributed by atoms with Crippen LogP contribution in [-0.4, -0.2) is 10.8 Å². The number of hydrogen-bond donors (Lipinski definition) is 0. The molecule has 0 N–H and O–H groups in total. The first kappa shape index (κ1) is 14.2. The number of carbonyl (C=O) groups excluding carboxylic acids is 1. The number of ketones is 1. The average molecular weight is 279 g/mol. The molecule has 0 aliphatic carbocycles. The SMILES string of the molecule is Cc1cccnc1C(=O)Cc1ccc(C(F)(F)F)cc1. The number of hydrogen-bond acceptors (Lipinski definition) is 2. The third-order valence-electron chi connectivity index (χ3n) is 2.92. The van der Waals surface area contributed by atoms with Crippen LogP contribution in [-0.2, 0) is 12.6 Å². The maximum absolute atomic E-state index is 12.4. The van der Waals surface area contributed by atoms with Crippen molar-refractivity contribution in [2.45, 2.75) is 19.5 Å². The van der Waals surface area contributed by atoms with Crippen LogP contribution >= 0.6 is 0 Å². The van der Waals surface area contributed by atoms with Crippen LogP contribution in [0.15, 0.2) is 42.6 Å². The van der Waals surface area contributed by atoms with E-state index in [2.05, 4.69) is 4.98 Å². The number of alkyl halides is 3. The van der Waals surface area contributed by atoms with Crippen LogP contribution in [0.2, 0.25) is 0 Å². The fraction of sp³-hybridized carbons (Fsp3) is 0.200. The van der Waals surface area contributed by atoms with Crippen molar-refractivity contribution in [3.05, 3.63) is 65.0 Å². The van der Waals surface area contributed by atoms with Gasteiger partial charge in [0.25, 0.3) is 0 Å². The van der Waals surface area contributed by atoms with E-state index >= 15 is 0 Å². The Morgan fingerprint density at radius 1 is 1.15 bits per heavy atom. The molecule has 20 heavy (non-hydrogen) atoms. The Balaban J connectivity index is 2.15. The number of aromatic nitrogens is 1. The summed E-state index contributed by atoms with van der Waals surface area (Å²) in [6.45, 7) is 1.77. The molecular formula is C15H12F3NO. The minimum Gasteiger partial charge on any atom is -0.292 e. The molecule has 104 valence electrons. The minimum atomic E-state index is -4.36. The van der Waals surface area contributed by atoms with Gasteiger partial charge in [-0.05, 0) is 36.2 Å². The molecule has 0 unspecified atom stereocenters. The van der Waals surface area contributed by atoms with Gasteiger partial charge in [0.15, 0.2) is 5.78 Å². The number of aryl methyl sites for hydroxylation is 1. The van der Waals surface area contributed by atoms with E-state index in [0.717, 1.165) is 17.7 Å². The van der Waals surface area contributed by atoms with Gasteiger partial charge in [0.05, 0.1) is 5.56 Å². The molecule has 5 heteroatoms. The van der Waals surface area contributed by atoms with Crippen LogP contribution in [0.4, 0.5) is 13.2 Å². The number of carbonyl (C=O) groups is 1. The van der Waals surface area contributed by atoms with Crippen LogP contribution in [0.25, 0.3) is 0 Å². The van der Waals surface area contributed by atoms with Gasteiger partial charge in [0, 0.05) is 12.6 Å². The van der Waals surface area contributed by atoms with E-state index in [-0.39, 0.29) is 12.2 Å². The molecule has 0 amide bonds. The van der Waals surface area contributed by atoms with Gasteiger partial charge in [-0.15, -0.1) is 0 Å². The van der Waals surface area contributed by atoms with E-state index in [1.54, 1.807) is 19.1 Å². The standard InChI is InChI=1S/C15H12F3NO/c1-10-3-2-8-19-14(10)13(20)9-11-4-6-12(7-5-11)15(16,17)18/h2-8H,9H2,1H3. The van der Waals surface area contributed by atoms with Gasteiger partial charge in [-0.1, -0.05) is 18.2 Å². The number of benzene rings is 1. The Labute approximate surface area is 114 Å². The number of pyridine rings is 1. The van der Waals surface area contributed by atoms with Crippen molar-refractivity contribution >= 4 is 5.78 Å². The molecule has 2 aromatic rings. The molecule has 2 rings (SSSR count). The highest BCUT2D eigenvalue weighted by atomic mass is 19.4. The van der Waals surface area contributed by atoms with Gasteiger partial charge in [0.2, 0.25) is 0 Å². The molecule has 1 aromatic carbocycles. The number of Topliss-reactive ketones (excluding diaryl/α,β-unsaturated/α-hetero) is 1. The van der Waals surface area contributed by atoms with Gasteiger partial charge in [0.1, 0.15) is 5.69 Å². The second kappa shape index (κ2) is 5.45. The Hall–Kier alpha value is -2.17. The Morgan fingerprint density at radius 3 is 2.35 bits per heavy atom. The van der Waals surface area contributed by atoms with Crippen LogP contribution in [0.3, 0.4) is 0 Å². The fourth-order valence-electron chi connectivity index (χ4n) is 1.86. The zero-order valence-corrected chi connectivity index (χ0v) is 10.7. The van der Waals surface area contributed by atoms with Crippen molar-refractivity contribution < 1.29 is 18.0 Å². The van der Waals surface area contributed by atoms with Gasteiger partial charge in [-0.25, -0.2) is 0 Å². The smallest absolute Gasteiger partial charge is 0.292 e. The summed E-state index contributed by atoms with van der Waals surface area (Å²) in [6, 6.07) is 8.09. The number of nitrogens with zero attached hydrogens (tertiary/aromatic N) is 1. The average Bonchev–Trinajstić information content (AvgIpc) is 2.38. The first-order valence-corrected chi connectivity index (χ1v) is 5.99. The summed E-state index contributed by atoms with van der Waals surface area (Å²) in [5, 5.41) is 0. The summed E-state index contributed by atoms with van der Waals surface area (Å²) in [4.78, 5) is 16.0. The third-order valence-corrected chi connectivity index (χ3v) is 2.92. The third kappa shape index (κ3) is 3.23. The predicted octanol–water partition coefficient (Wildman–Crippen LogP) is 3.83. The van der Waals surface area contributed by atoms with Crippen molar-refractivity contribution in [3.63, 3.8) is 0 Å². The number of halogens is 3. The summed E-state index contributed by atoms with van der Waals surface area (Å²) in [5.41, 5.74) is 0.924. The first-order valence-electron chi connectivity index (χ1n) is 5.99. The Morgan fingerprint density at radius 2 is 1.80 bits per heavy atom. The summed E-state index contributed by atoms with van der Waals surface area (Å²) in [5.74, 6) is -0.206. The highest BCUT2D eigenvalue weighted by Gasteiger charge is 2.30. The molecule has 0 aliphatic heterocycles.